The molecule has 1 heterocycles. The van der Waals surface area contributed by atoms with Gasteiger partial charge < -0.3 is 21.3 Å². The molecule has 0 bridgehead atoms. The molecular weight excluding hydrogens is 300 g/mol. The number of amides is 1. The minimum atomic E-state index is -0.251. The van der Waals surface area contributed by atoms with Crippen LogP contribution in [0.25, 0.3) is 0 Å². The number of anilines is 3. The number of para-hydroxylation sites is 1. The van der Waals surface area contributed by atoms with Crippen LogP contribution < -0.4 is 21.3 Å². The van der Waals surface area contributed by atoms with Crippen molar-refractivity contribution >= 4 is 23.0 Å². The van der Waals surface area contributed by atoms with Crippen LogP contribution in [0.4, 0.5) is 17.1 Å². The fraction of sp³-hybridized carbons (Fsp3) is 0.316. The molecule has 0 aromatic heterocycles. The maximum Gasteiger partial charge on any atom is 0.217 e. The van der Waals surface area contributed by atoms with Crippen LogP contribution >= 0.6 is 0 Å². The Morgan fingerprint density at radius 1 is 1.04 bits per heavy atom. The summed E-state index contributed by atoms with van der Waals surface area (Å²) in [6.45, 7) is 2.69. The Kier molecular flexibility index (Phi) is 4.89. The molecule has 1 atom stereocenters. The molecule has 3 rings (SSSR count). The van der Waals surface area contributed by atoms with Gasteiger partial charge in [0.25, 0.3) is 0 Å². The second-order valence-electron chi connectivity index (χ2n) is 6.23. The third kappa shape index (κ3) is 3.79. The summed E-state index contributed by atoms with van der Waals surface area (Å²) >= 11 is 0. The second kappa shape index (κ2) is 7.25. The standard InChI is InChI=1S/C19H24N4O/c20-15-5-4-8-17(13-15)23-12-11-22(16-6-2-1-3-7-16)14-18(23)9-10-19(21)24/h1-8,13,18H,9-12,14,20H2,(H2,21,24). The molecule has 1 aliphatic heterocycles. The van der Waals surface area contributed by atoms with E-state index < -0.39 is 0 Å². The van der Waals surface area contributed by atoms with Crippen molar-refractivity contribution in [2.24, 2.45) is 5.73 Å². The van der Waals surface area contributed by atoms with E-state index in [2.05, 4.69) is 40.1 Å². The van der Waals surface area contributed by atoms with Crippen molar-refractivity contribution in [3.8, 4) is 0 Å². The minimum Gasteiger partial charge on any atom is -0.399 e. The van der Waals surface area contributed by atoms with Gasteiger partial charge in [-0.1, -0.05) is 24.3 Å². The third-order valence-electron chi connectivity index (χ3n) is 4.53. The molecule has 0 aliphatic carbocycles. The predicted octanol–water partition coefficient (Wildman–Crippen LogP) is 2.23. The lowest BCUT2D eigenvalue weighted by Gasteiger charge is -2.44. The van der Waals surface area contributed by atoms with E-state index in [0.717, 1.165) is 37.4 Å². The van der Waals surface area contributed by atoms with E-state index in [1.54, 1.807) is 0 Å². The predicted molar refractivity (Wildman–Crippen MR) is 99.1 cm³/mol. The summed E-state index contributed by atoms with van der Waals surface area (Å²) < 4.78 is 0. The average molecular weight is 324 g/mol. The van der Waals surface area contributed by atoms with Gasteiger partial charge in [0.15, 0.2) is 0 Å². The Hall–Kier alpha value is -2.69. The highest BCUT2D eigenvalue weighted by Gasteiger charge is 2.27. The van der Waals surface area contributed by atoms with E-state index in [-0.39, 0.29) is 11.9 Å². The smallest absolute Gasteiger partial charge is 0.217 e. The van der Waals surface area contributed by atoms with Crippen molar-refractivity contribution in [3.05, 3.63) is 54.6 Å². The summed E-state index contributed by atoms with van der Waals surface area (Å²) in [7, 11) is 0. The van der Waals surface area contributed by atoms with E-state index >= 15 is 0 Å². The monoisotopic (exact) mass is 324 g/mol. The Labute approximate surface area is 142 Å². The molecule has 5 heteroatoms. The van der Waals surface area contributed by atoms with Gasteiger partial charge in [-0.15, -0.1) is 0 Å². The summed E-state index contributed by atoms with van der Waals surface area (Å²) in [6.07, 6.45) is 1.14. The highest BCUT2D eigenvalue weighted by atomic mass is 16.1. The van der Waals surface area contributed by atoms with Gasteiger partial charge >= 0.3 is 0 Å². The largest absolute Gasteiger partial charge is 0.399 e. The Bertz CT molecular complexity index is 689. The molecule has 24 heavy (non-hydrogen) atoms. The zero-order valence-electron chi connectivity index (χ0n) is 13.8. The molecule has 2 aromatic rings. The number of primary amides is 1. The van der Waals surface area contributed by atoms with Gasteiger partial charge in [-0.2, -0.15) is 0 Å². The van der Waals surface area contributed by atoms with Gasteiger partial charge in [0.1, 0.15) is 0 Å². The first-order valence-corrected chi connectivity index (χ1v) is 8.34. The van der Waals surface area contributed by atoms with Crippen LogP contribution in [-0.4, -0.2) is 31.6 Å². The molecule has 1 amide bonds. The van der Waals surface area contributed by atoms with E-state index in [1.165, 1.54) is 5.69 Å². The molecule has 2 aromatic carbocycles. The Morgan fingerprint density at radius 3 is 2.50 bits per heavy atom. The van der Waals surface area contributed by atoms with Crippen molar-refractivity contribution < 1.29 is 4.79 Å². The number of nitrogens with zero attached hydrogens (tertiary/aromatic N) is 2. The van der Waals surface area contributed by atoms with Crippen LogP contribution in [0.1, 0.15) is 12.8 Å². The van der Waals surface area contributed by atoms with Gasteiger partial charge in [0.05, 0.1) is 0 Å². The van der Waals surface area contributed by atoms with Crippen LogP contribution in [0.5, 0.6) is 0 Å². The fourth-order valence-corrected chi connectivity index (χ4v) is 3.33. The fourth-order valence-electron chi connectivity index (χ4n) is 3.33. The first-order valence-electron chi connectivity index (χ1n) is 8.34. The van der Waals surface area contributed by atoms with Crippen molar-refractivity contribution in [2.45, 2.75) is 18.9 Å². The molecule has 1 saturated heterocycles. The first-order chi connectivity index (χ1) is 11.6. The lowest BCUT2D eigenvalue weighted by atomic mass is 10.0. The van der Waals surface area contributed by atoms with E-state index in [0.29, 0.717) is 6.42 Å². The number of nitrogen functional groups attached to an aromatic ring is 1. The molecule has 1 unspecified atom stereocenters. The normalized spacial score (nSPS) is 17.8. The maximum atomic E-state index is 11.3. The molecular formula is C19H24N4O. The van der Waals surface area contributed by atoms with Gasteiger partial charge in [0.2, 0.25) is 5.91 Å². The lowest BCUT2D eigenvalue weighted by molar-refractivity contribution is -0.118. The van der Waals surface area contributed by atoms with Crippen LogP contribution in [0, 0.1) is 0 Å². The number of carbonyl (C=O) groups excluding carboxylic acids is 1. The molecule has 0 saturated carbocycles. The summed E-state index contributed by atoms with van der Waals surface area (Å²) in [4.78, 5) is 16.0. The number of hydrogen-bond donors (Lipinski definition) is 2. The minimum absolute atomic E-state index is 0.230. The number of rotatable bonds is 5. The highest BCUT2D eigenvalue weighted by Crippen LogP contribution is 2.27. The summed E-state index contributed by atoms with van der Waals surface area (Å²) in [5.41, 5.74) is 14.4. The number of hydrogen-bond acceptors (Lipinski definition) is 4. The van der Waals surface area contributed by atoms with E-state index in [1.807, 2.05) is 24.3 Å². The van der Waals surface area contributed by atoms with Gasteiger partial charge in [0, 0.05) is 49.2 Å². The molecule has 1 fully saturated rings. The molecule has 126 valence electrons. The maximum absolute atomic E-state index is 11.3. The zero-order chi connectivity index (χ0) is 16.9. The average Bonchev–Trinajstić information content (AvgIpc) is 2.60. The molecule has 4 N–H and O–H groups in total. The second-order valence-corrected chi connectivity index (χ2v) is 6.23. The van der Waals surface area contributed by atoms with Gasteiger partial charge in [-0.3, -0.25) is 4.79 Å². The van der Waals surface area contributed by atoms with Crippen LogP contribution in [0.15, 0.2) is 54.6 Å². The van der Waals surface area contributed by atoms with Gasteiger partial charge in [-0.05, 0) is 36.8 Å². The Morgan fingerprint density at radius 2 is 1.79 bits per heavy atom. The summed E-state index contributed by atoms with van der Waals surface area (Å²) in [6, 6.07) is 18.5. The third-order valence-corrected chi connectivity index (χ3v) is 4.53. The Balaban J connectivity index is 1.80. The van der Waals surface area contributed by atoms with E-state index in [4.69, 9.17) is 11.5 Å². The number of piperazine rings is 1. The van der Waals surface area contributed by atoms with Crippen molar-refractivity contribution in [3.63, 3.8) is 0 Å². The highest BCUT2D eigenvalue weighted by molar-refractivity contribution is 5.73. The van der Waals surface area contributed by atoms with Crippen molar-refractivity contribution in [1.82, 2.24) is 0 Å². The van der Waals surface area contributed by atoms with Crippen molar-refractivity contribution in [1.29, 1.82) is 0 Å². The lowest BCUT2D eigenvalue weighted by Crippen LogP contribution is -2.53. The van der Waals surface area contributed by atoms with E-state index in [9.17, 15) is 4.79 Å². The summed E-state index contributed by atoms with van der Waals surface area (Å²) in [5.74, 6) is -0.251. The first kappa shape index (κ1) is 16.2. The number of carbonyl (C=O) groups is 1. The topological polar surface area (TPSA) is 75.6 Å². The van der Waals surface area contributed by atoms with Crippen LogP contribution in [0.3, 0.4) is 0 Å². The van der Waals surface area contributed by atoms with Crippen LogP contribution in [-0.2, 0) is 4.79 Å². The van der Waals surface area contributed by atoms with Gasteiger partial charge in [-0.25, -0.2) is 0 Å². The molecule has 5 nitrogen and oxygen atoms in total. The molecule has 0 radical (unpaired) electrons. The van der Waals surface area contributed by atoms with Crippen LogP contribution in [0.2, 0.25) is 0 Å². The van der Waals surface area contributed by atoms with Crippen molar-refractivity contribution in [2.75, 3.05) is 35.2 Å². The number of nitrogens with two attached hydrogens (primary N) is 2. The molecule has 1 aliphatic rings. The quantitative estimate of drug-likeness (QED) is 0.827. The summed E-state index contributed by atoms with van der Waals surface area (Å²) in [5, 5.41) is 0. The zero-order valence-corrected chi connectivity index (χ0v) is 13.8. The number of benzene rings is 2. The SMILES string of the molecule is NC(=O)CCC1CN(c2ccccc2)CCN1c1cccc(N)c1. The molecule has 0 spiro atoms.